The quantitative estimate of drug-likeness (QED) is 0.273. The highest BCUT2D eigenvalue weighted by atomic mass is 32.2. The summed E-state index contributed by atoms with van der Waals surface area (Å²) >= 11 is 0. The molecule has 5 nitrogen and oxygen atoms in total. The summed E-state index contributed by atoms with van der Waals surface area (Å²) in [4.78, 5) is 2.60. The lowest BCUT2D eigenvalue weighted by Crippen LogP contribution is -2.43. The van der Waals surface area contributed by atoms with Gasteiger partial charge in [-0.3, -0.25) is 4.72 Å². The summed E-state index contributed by atoms with van der Waals surface area (Å²) in [6.45, 7) is 3.63. The zero-order valence-electron chi connectivity index (χ0n) is 21.0. The van der Waals surface area contributed by atoms with Crippen LogP contribution in [0.3, 0.4) is 0 Å². The van der Waals surface area contributed by atoms with E-state index in [2.05, 4.69) is 51.3 Å². The molecule has 0 radical (unpaired) electrons. The minimum atomic E-state index is -3.81. The number of benzene rings is 5. The summed E-state index contributed by atoms with van der Waals surface area (Å²) in [5.74, 6) is 0. The molecule has 38 heavy (non-hydrogen) atoms. The van der Waals surface area contributed by atoms with Crippen LogP contribution in [0.15, 0.2) is 120 Å². The molecule has 6 heteroatoms. The van der Waals surface area contributed by atoms with Crippen molar-refractivity contribution in [2.45, 2.75) is 4.90 Å². The van der Waals surface area contributed by atoms with Crippen LogP contribution in [0.1, 0.15) is 0 Å². The summed E-state index contributed by atoms with van der Waals surface area (Å²) in [5, 5.41) is 5.05. The van der Waals surface area contributed by atoms with Crippen molar-refractivity contribution in [2.75, 3.05) is 35.8 Å². The molecule has 1 saturated heterocycles. The van der Waals surface area contributed by atoms with Crippen molar-refractivity contribution >= 4 is 32.2 Å². The molecular weight excluding hydrogens is 490 g/mol. The van der Waals surface area contributed by atoms with Crippen molar-refractivity contribution in [3.05, 3.63) is 115 Å². The molecule has 0 aliphatic carbocycles. The Labute approximate surface area is 223 Å². The van der Waals surface area contributed by atoms with Crippen molar-refractivity contribution in [3.8, 4) is 22.3 Å². The average Bonchev–Trinajstić information content (AvgIpc) is 2.97. The highest BCUT2D eigenvalue weighted by molar-refractivity contribution is 7.93. The summed E-state index contributed by atoms with van der Waals surface area (Å²) in [6.07, 6.45) is 0. The van der Waals surface area contributed by atoms with Crippen molar-refractivity contribution < 1.29 is 8.42 Å². The maximum absolute atomic E-state index is 13.6. The van der Waals surface area contributed by atoms with Crippen molar-refractivity contribution in [1.29, 1.82) is 0 Å². The van der Waals surface area contributed by atoms with Gasteiger partial charge in [0.2, 0.25) is 0 Å². The highest BCUT2D eigenvalue weighted by Gasteiger charge is 2.21. The monoisotopic (exact) mass is 519 g/mol. The Bertz CT molecular complexity index is 1680. The minimum absolute atomic E-state index is 0.282. The van der Waals surface area contributed by atoms with Crippen molar-refractivity contribution in [1.82, 2.24) is 5.32 Å². The molecule has 0 bridgehead atoms. The van der Waals surface area contributed by atoms with E-state index in [0.717, 1.165) is 64.9 Å². The zero-order valence-corrected chi connectivity index (χ0v) is 21.8. The largest absolute Gasteiger partial charge is 0.368 e. The molecule has 5 aromatic carbocycles. The number of rotatable bonds is 6. The van der Waals surface area contributed by atoms with Gasteiger partial charge >= 0.3 is 0 Å². The molecule has 0 unspecified atom stereocenters. The lowest BCUT2D eigenvalue weighted by Gasteiger charge is -2.30. The Morgan fingerprint density at radius 2 is 1.21 bits per heavy atom. The Hall–Kier alpha value is -4.13. The first-order valence-corrected chi connectivity index (χ1v) is 14.3. The Morgan fingerprint density at radius 3 is 1.95 bits per heavy atom. The summed E-state index contributed by atoms with van der Waals surface area (Å²) in [7, 11) is -3.81. The first kappa shape index (κ1) is 24.2. The molecule has 1 heterocycles. The first-order valence-electron chi connectivity index (χ1n) is 12.8. The van der Waals surface area contributed by atoms with Gasteiger partial charge in [-0.1, -0.05) is 91.0 Å². The van der Waals surface area contributed by atoms with Crippen LogP contribution < -0.4 is 14.9 Å². The number of anilines is 2. The second kappa shape index (κ2) is 10.3. The third-order valence-electron chi connectivity index (χ3n) is 7.05. The number of sulfonamides is 1. The Kier molecular flexibility index (Phi) is 6.58. The van der Waals surface area contributed by atoms with Crippen LogP contribution in [0.2, 0.25) is 0 Å². The van der Waals surface area contributed by atoms with Gasteiger partial charge in [0.1, 0.15) is 0 Å². The third-order valence-corrected chi connectivity index (χ3v) is 8.49. The van der Waals surface area contributed by atoms with E-state index in [4.69, 9.17) is 0 Å². The van der Waals surface area contributed by atoms with E-state index in [9.17, 15) is 8.42 Å². The second-order valence-corrected chi connectivity index (χ2v) is 11.1. The average molecular weight is 520 g/mol. The fourth-order valence-electron chi connectivity index (χ4n) is 5.13. The van der Waals surface area contributed by atoms with Crippen LogP contribution in [0, 0.1) is 0 Å². The maximum Gasteiger partial charge on any atom is 0.262 e. The second-order valence-electron chi connectivity index (χ2n) is 9.50. The van der Waals surface area contributed by atoms with Gasteiger partial charge in [0.25, 0.3) is 10.0 Å². The van der Waals surface area contributed by atoms with Gasteiger partial charge in [0, 0.05) is 48.3 Å². The van der Waals surface area contributed by atoms with Crippen LogP contribution >= 0.6 is 0 Å². The molecule has 1 fully saturated rings. The fraction of sp³-hybridized carbons (Fsp3) is 0.125. The predicted molar refractivity (Wildman–Crippen MR) is 157 cm³/mol. The molecule has 0 spiro atoms. The molecule has 0 saturated carbocycles. The summed E-state index contributed by atoms with van der Waals surface area (Å²) in [5.41, 5.74) is 5.88. The van der Waals surface area contributed by atoms with Gasteiger partial charge in [-0.15, -0.1) is 0 Å². The standard InChI is InChI=1S/C32H29N3O2S/c36-38(37,32-18-17-31(35-21-19-33-20-22-35)29-11-4-5-12-30(29)32)34-28-10-6-9-27(23-28)26-15-13-25(14-16-26)24-7-2-1-3-8-24/h1-18,23,33-34H,19-22H2. The molecule has 5 aromatic rings. The normalized spacial score (nSPS) is 13.9. The molecule has 190 valence electrons. The number of nitrogens with one attached hydrogen (secondary N) is 2. The van der Waals surface area contributed by atoms with E-state index in [1.165, 1.54) is 0 Å². The molecule has 2 N–H and O–H groups in total. The van der Waals surface area contributed by atoms with Gasteiger partial charge in [0.05, 0.1) is 4.90 Å². The van der Waals surface area contributed by atoms with Crippen molar-refractivity contribution in [3.63, 3.8) is 0 Å². The van der Waals surface area contributed by atoms with E-state index in [0.29, 0.717) is 5.69 Å². The Morgan fingerprint density at radius 1 is 0.605 bits per heavy atom. The number of nitrogens with zero attached hydrogens (tertiary/aromatic N) is 1. The van der Waals surface area contributed by atoms with Crippen LogP contribution in [0.4, 0.5) is 11.4 Å². The smallest absolute Gasteiger partial charge is 0.262 e. The SMILES string of the molecule is O=S(=O)(Nc1cccc(-c2ccc(-c3ccccc3)cc2)c1)c1ccc(N2CCNCC2)c2ccccc12. The summed E-state index contributed by atoms with van der Waals surface area (Å²) < 4.78 is 30.1. The molecule has 0 atom stereocenters. The number of hydrogen-bond acceptors (Lipinski definition) is 4. The maximum atomic E-state index is 13.6. The topological polar surface area (TPSA) is 61.4 Å². The number of hydrogen-bond donors (Lipinski definition) is 2. The minimum Gasteiger partial charge on any atom is -0.368 e. The fourth-order valence-corrected chi connectivity index (χ4v) is 6.39. The molecule has 6 rings (SSSR count). The molecular formula is C32H29N3O2S. The molecule has 0 aromatic heterocycles. The number of piperazine rings is 1. The molecule has 1 aliphatic rings. The van der Waals surface area contributed by atoms with Crippen LogP contribution in [-0.2, 0) is 10.0 Å². The van der Waals surface area contributed by atoms with Gasteiger partial charge in [-0.05, 0) is 46.5 Å². The van der Waals surface area contributed by atoms with E-state index in [1.54, 1.807) is 12.1 Å². The predicted octanol–water partition coefficient (Wildman–Crippen LogP) is 6.38. The van der Waals surface area contributed by atoms with Gasteiger partial charge in [-0.25, -0.2) is 8.42 Å². The van der Waals surface area contributed by atoms with Crippen LogP contribution in [0.5, 0.6) is 0 Å². The van der Waals surface area contributed by atoms with Crippen LogP contribution in [-0.4, -0.2) is 34.6 Å². The van der Waals surface area contributed by atoms with Crippen LogP contribution in [0.25, 0.3) is 33.0 Å². The molecule has 0 amide bonds. The lowest BCUT2D eigenvalue weighted by molar-refractivity contribution is 0.590. The van der Waals surface area contributed by atoms with E-state index in [-0.39, 0.29) is 4.90 Å². The number of fused-ring (bicyclic) bond motifs is 1. The first-order chi connectivity index (χ1) is 18.6. The third kappa shape index (κ3) is 4.88. The van der Waals surface area contributed by atoms with Gasteiger partial charge in [-0.2, -0.15) is 0 Å². The zero-order chi connectivity index (χ0) is 26.0. The van der Waals surface area contributed by atoms with Crippen molar-refractivity contribution in [2.24, 2.45) is 0 Å². The van der Waals surface area contributed by atoms with Gasteiger partial charge in [0.15, 0.2) is 0 Å². The van der Waals surface area contributed by atoms with Gasteiger partial charge < -0.3 is 10.2 Å². The lowest BCUT2D eigenvalue weighted by atomic mass is 10.0. The highest BCUT2D eigenvalue weighted by Crippen LogP contribution is 2.33. The molecule has 1 aliphatic heterocycles. The van der Waals surface area contributed by atoms with E-state index < -0.39 is 10.0 Å². The summed E-state index contributed by atoms with van der Waals surface area (Å²) in [6, 6.07) is 37.5. The van der Waals surface area contributed by atoms with E-state index >= 15 is 0 Å². The van der Waals surface area contributed by atoms with E-state index in [1.807, 2.05) is 66.7 Å². The Balaban J connectivity index is 1.29.